The van der Waals surface area contributed by atoms with E-state index in [2.05, 4.69) is 20.8 Å². The molecule has 0 radical (unpaired) electrons. The van der Waals surface area contributed by atoms with Gasteiger partial charge in [-0.15, -0.1) is 0 Å². The summed E-state index contributed by atoms with van der Waals surface area (Å²) in [4.78, 5) is 0. The minimum absolute atomic E-state index is 0. The molecule has 0 amide bonds. The molecule has 38 valence electrons. The third-order valence-corrected chi connectivity index (χ3v) is 1.14. The Balaban J connectivity index is 0. The van der Waals surface area contributed by atoms with E-state index in [0.29, 0.717) is 0 Å². The molecule has 0 saturated heterocycles. The fourth-order valence-electron chi connectivity index (χ4n) is 0. The van der Waals surface area contributed by atoms with Gasteiger partial charge in [0, 0.05) is 0 Å². The van der Waals surface area contributed by atoms with Crippen molar-refractivity contribution in [3.8, 4) is 0 Å². The second-order valence-electron chi connectivity index (χ2n) is 2.11. The number of rotatable bonds is 1. The van der Waals surface area contributed by atoms with Gasteiger partial charge in [0.15, 0.2) is 0 Å². The largest absolute Gasteiger partial charge is 1.00 e. The molecule has 0 rings (SSSR count). The maximum absolute atomic E-state index is 4.99. The molecule has 0 saturated carbocycles. The van der Waals surface area contributed by atoms with Crippen LogP contribution in [0.4, 0.5) is 0 Å². The number of hydrogen-bond donors (Lipinski definition) is 0. The quantitative estimate of drug-likeness (QED) is 0.299. The third kappa shape index (κ3) is 10.9. The molecular formula is C5H11LiS. The second kappa shape index (κ2) is 3.89. The van der Waals surface area contributed by atoms with Crippen molar-refractivity contribution in [3.05, 3.63) is 0 Å². The third-order valence-electron chi connectivity index (χ3n) is 0.851. The maximum atomic E-state index is 4.99. The second-order valence-corrected chi connectivity index (χ2v) is 3.22. The summed E-state index contributed by atoms with van der Waals surface area (Å²) in [7, 11) is 0. The summed E-state index contributed by atoms with van der Waals surface area (Å²) in [5.41, 5.74) is 0. The Kier molecular flexibility index (Phi) is 6.03. The molecule has 0 aromatic heterocycles. The van der Waals surface area contributed by atoms with Crippen LogP contribution < -0.4 is 18.9 Å². The van der Waals surface area contributed by atoms with E-state index in [0.717, 1.165) is 6.42 Å². The molecule has 0 aromatic rings. The zero-order valence-electron chi connectivity index (χ0n) is 5.62. The van der Waals surface area contributed by atoms with Crippen molar-refractivity contribution in [2.75, 3.05) is 0 Å². The minimum Gasteiger partial charge on any atom is -0.786 e. The van der Waals surface area contributed by atoms with Crippen molar-refractivity contribution in [1.82, 2.24) is 0 Å². The van der Waals surface area contributed by atoms with Gasteiger partial charge in [0.2, 0.25) is 0 Å². The Labute approximate surface area is 63.7 Å². The molecule has 7 heavy (non-hydrogen) atoms. The monoisotopic (exact) mass is 110 g/mol. The molecular weight excluding hydrogens is 99.1 g/mol. The first-order valence-corrected chi connectivity index (χ1v) is 2.67. The summed E-state index contributed by atoms with van der Waals surface area (Å²) < 4.78 is 0.125. The van der Waals surface area contributed by atoms with Gasteiger partial charge in [0.25, 0.3) is 0 Å². The Morgan fingerprint density at radius 1 is 1.43 bits per heavy atom. The van der Waals surface area contributed by atoms with Gasteiger partial charge in [-0.3, -0.25) is 0 Å². The van der Waals surface area contributed by atoms with E-state index in [9.17, 15) is 0 Å². The van der Waals surface area contributed by atoms with Crippen LogP contribution in [0, 0.1) is 0 Å². The summed E-state index contributed by atoms with van der Waals surface area (Å²) in [6, 6.07) is 0. The zero-order valence-corrected chi connectivity index (χ0v) is 6.43. The predicted molar refractivity (Wildman–Crippen MR) is 31.7 cm³/mol. The molecule has 0 nitrogen and oxygen atoms in total. The molecule has 0 fully saturated rings. The van der Waals surface area contributed by atoms with Gasteiger partial charge in [-0.05, 0) is 0 Å². The van der Waals surface area contributed by atoms with E-state index < -0.39 is 0 Å². The van der Waals surface area contributed by atoms with E-state index in [-0.39, 0.29) is 23.6 Å². The fourth-order valence-corrected chi connectivity index (χ4v) is 0. The van der Waals surface area contributed by atoms with E-state index in [4.69, 9.17) is 12.6 Å². The zero-order chi connectivity index (χ0) is 5.21. The molecule has 0 N–H and O–H groups in total. The van der Waals surface area contributed by atoms with Crippen molar-refractivity contribution in [2.45, 2.75) is 31.9 Å². The summed E-state index contributed by atoms with van der Waals surface area (Å²) in [5, 5.41) is 0. The van der Waals surface area contributed by atoms with Crippen molar-refractivity contribution < 1.29 is 18.9 Å². The molecule has 0 aliphatic carbocycles. The van der Waals surface area contributed by atoms with Crippen molar-refractivity contribution in [2.24, 2.45) is 0 Å². The average molecular weight is 110 g/mol. The molecule has 0 atom stereocenters. The van der Waals surface area contributed by atoms with E-state index in [1.807, 2.05) is 0 Å². The van der Waals surface area contributed by atoms with E-state index in [1.165, 1.54) is 0 Å². The Bertz CT molecular complexity index is 37.8. The molecule has 0 aliphatic heterocycles. The number of hydrogen-bond acceptors (Lipinski definition) is 1. The van der Waals surface area contributed by atoms with Crippen LogP contribution >= 0.6 is 0 Å². The Morgan fingerprint density at radius 2 is 1.57 bits per heavy atom. The van der Waals surface area contributed by atoms with Crippen LogP contribution in [0.25, 0.3) is 0 Å². The normalized spacial score (nSPS) is 10.3. The van der Waals surface area contributed by atoms with E-state index in [1.54, 1.807) is 0 Å². The maximum Gasteiger partial charge on any atom is 1.00 e. The Morgan fingerprint density at radius 3 is 1.57 bits per heavy atom. The van der Waals surface area contributed by atoms with Gasteiger partial charge in [0.05, 0.1) is 0 Å². The van der Waals surface area contributed by atoms with Gasteiger partial charge in [0.1, 0.15) is 0 Å². The van der Waals surface area contributed by atoms with Crippen LogP contribution in [0.3, 0.4) is 0 Å². The van der Waals surface area contributed by atoms with Gasteiger partial charge < -0.3 is 12.6 Å². The Hall–Kier alpha value is 0.947. The van der Waals surface area contributed by atoms with Gasteiger partial charge >= 0.3 is 18.9 Å². The van der Waals surface area contributed by atoms with Gasteiger partial charge in [-0.2, -0.15) is 4.75 Å². The van der Waals surface area contributed by atoms with Crippen molar-refractivity contribution >= 4 is 12.6 Å². The van der Waals surface area contributed by atoms with E-state index >= 15 is 0 Å². The summed E-state index contributed by atoms with van der Waals surface area (Å²) in [6.45, 7) is 6.22. The molecule has 0 bridgehead atoms. The first-order chi connectivity index (χ1) is 2.56. The van der Waals surface area contributed by atoms with Crippen LogP contribution in [0.15, 0.2) is 0 Å². The molecule has 0 unspecified atom stereocenters. The molecule has 0 spiro atoms. The van der Waals surface area contributed by atoms with Crippen LogP contribution in [-0.4, -0.2) is 4.75 Å². The minimum atomic E-state index is 0. The van der Waals surface area contributed by atoms with Crippen LogP contribution in [0.1, 0.15) is 27.2 Å². The summed E-state index contributed by atoms with van der Waals surface area (Å²) >= 11 is 4.99. The van der Waals surface area contributed by atoms with Crippen molar-refractivity contribution in [3.63, 3.8) is 0 Å². The SMILES string of the molecule is CCC(C)(C)[S-].[Li+]. The molecule has 2 heteroatoms. The average Bonchev–Trinajstić information content (AvgIpc) is 1.35. The first kappa shape index (κ1) is 10.8. The first-order valence-electron chi connectivity index (χ1n) is 2.26. The standard InChI is InChI=1S/C5H12S.Li/c1-4-5(2,3)6;/h6H,4H2,1-3H3;/q;+1/p-1. The van der Waals surface area contributed by atoms with Gasteiger partial charge in [-0.25, -0.2) is 0 Å². The smallest absolute Gasteiger partial charge is 0.786 e. The molecule has 0 heterocycles. The molecule has 0 aliphatic rings. The van der Waals surface area contributed by atoms with Crippen LogP contribution in [0.2, 0.25) is 0 Å². The predicted octanol–water partition coefficient (Wildman–Crippen LogP) is -1.27. The summed E-state index contributed by atoms with van der Waals surface area (Å²) in [5.74, 6) is 0. The fraction of sp³-hybridized carbons (Fsp3) is 1.00. The van der Waals surface area contributed by atoms with Crippen LogP contribution in [-0.2, 0) is 12.6 Å². The summed E-state index contributed by atoms with van der Waals surface area (Å²) in [6.07, 6.45) is 1.09. The topological polar surface area (TPSA) is 0 Å². The van der Waals surface area contributed by atoms with Crippen LogP contribution in [0.5, 0.6) is 0 Å². The molecule has 0 aromatic carbocycles. The van der Waals surface area contributed by atoms with Crippen molar-refractivity contribution in [1.29, 1.82) is 0 Å². The van der Waals surface area contributed by atoms with Gasteiger partial charge in [-0.1, -0.05) is 27.2 Å².